The van der Waals surface area contributed by atoms with E-state index in [0.29, 0.717) is 19.7 Å². The van der Waals surface area contributed by atoms with Crippen molar-refractivity contribution >= 4 is 5.91 Å². The van der Waals surface area contributed by atoms with Gasteiger partial charge in [-0.3, -0.25) is 4.79 Å². The lowest BCUT2D eigenvalue weighted by Crippen LogP contribution is -2.38. The van der Waals surface area contributed by atoms with Crippen LogP contribution in [0.4, 0.5) is 0 Å². The van der Waals surface area contributed by atoms with Gasteiger partial charge in [0, 0.05) is 13.6 Å². The Morgan fingerprint density at radius 1 is 1.45 bits per heavy atom. The average molecular weight is 278 g/mol. The number of likely N-dealkylation sites (N-methyl/N-ethyl adjacent to an activating group) is 1. The third kappa shape index (κ3) is 5.21. The molecule has 0 aliphatic rings. The zero-order valence-corrected chi connectivity index (χ0v) is 12.8. The van der Waals surface area contributed by atoms with E-state index in [2.05, 4.69) is 6.92 Å². The van der Waals surface area contributed by atoms with Gasteiger partial charge in [0.25, 0.3) is 0 Å². The number of carbonyl (C=O) groups excluding carboxylic acids is 1. The van der Waals surface area contributed by atoms with Crippen LogP contribution < -0.4 is 10.5 Å². The molecule has 4 heteroatoms. The molecule has 112 valence electrons. The van der Waals surface area contributed by atoms with Crippen LogP contribution in [0, 0.1) is 12.8 Å². The fraction of sp³-hybridized carbons (Fsp3) is 0.562. The molecule has 0 bridgehead atoms. The summed E-state index contributed by atoms with van der Waals surface area (Å²) in [4.78, 5) is 13.9. The lowest BCUT2D eigenvalue weighted by atomic mass is 10.0. The van der Waals surface area contributed by atoms with Crippen molar-refractivity contribution in [3.8, 4) is 5.75 Å². The Morgan fingerprint density at radius 3 is 2.80 bits per heavy atom. The predicted octanol–water partition coefficient (Wildman–Crippen LogP) is 2.21. The third-order valence-electron chi connectivity index (χ3n) is 3.33. The van der Waals surface area contributed by atoms with E-state index >= 15 is 0 Å². The minimum absolute atomic E-state index is 0.0658. The van der Waals surface area contributed by atoms with Gasteiger partial charge in [0.1, 0.15) is 12.4 Å². The summed E-state index contributed by atoms with van der Waals surface area (Å²) in [6, 6.07) is 7.90. The number of ether oxygens (including phenoxy) is 1. The first-order valence-corrected chi connectivity index (χ1v) is 7.23. The predicted molar refractivity (Wildman–Crippen MR) is 81.8 cm³/mol. The molecule has 0 spiro atoms. The number of nitrogens with zero attached hydrogens (tertiary/aromatic N) is 1. The van der Waals surface area contributed by atoms with Gasteiger partial charge in [0.05, 0.1) is 12.5 Å². The van der Waals surface area contributed by atoms with Crippen LogP contribution in [-0.2, 0) is 4.79 Å². The van der Waals surface area contributed by atoms with Gasteiger partial charge in [-0.2, -0.15) is 0 Å². The molecule has 0 saturated heterocycles. The molecule has 0 fully saturated rings. The van der Waals surface area contributed by atoms with Crippen molar-refractivity contribution in [3.05, 3.63) is 29.8 Å². The first-order valence-electron chi connectivity index (χ1n) is 7.23. The maximum absolute atomic E-state index is 12.2. The van der Waals surface area contributed by atoms with Gasteiger partial charge < -0.3 is 15.4 Å². The van der Waals surface area contributed by atoms with E-state index in [1.165, 1.54) is 0 Å². The van der Waals surface area contributed by atoms with E-state index in [0.717, 1.165) is 24.2 Å². The molecule has 0 aromatic heterocycles. The highest BCUT2D eigenvalue weighted by atomic mass is 16.5. The van der Waals surface area contributed by atoms with Crippen LogP contribution in [0.5, 0.6) is 5.75 Å². The summed E-state index contributed by atoms with van der Waals surface area (Å²) in [5.74, 6) is 0.890. The van der Waals surface area contributed by atoms with Gasteiger partial charge >= 0.3 is 0 Å². The molecular formula is C16H26N2O2. The Bertz CT molecular complexity index is 421. The highest BCUT2D eigenvalue weighted by molar-refractivity contribution is 5.78. The Morgan fingerprint density at radius 2 is 2.20 bits per heavy atom. The largest absolute Gasteiger partial charge is 0.492 e. The number of hydrogen-bond acceptors (Lipinski definition) is 3. The van der Waals surface area contributed by atoms with Crippen molar-refractivity contribution in [3.63, 3.8) is 0 Å². The van der Waals surface area contributed by atoms with Crippen LogP contribution >= 0.6 is 0 Å². The monoisotopic (exact) mass is 278 g/mol. The number of hydrogen-bond donors (Lipinski definition) is 1. The summed E-state index contributed by atoms with van der Waals surface area (Å²) in [5.41, 5.74) is 6.82. The first-order chi connectivity index (χ1) is 9.58. The van der Waals surface area contributed by atoms with Gasteiger partial charge in [0.15, 0.2) is 0 Å². The number of nitrogens with two attached hydrogens (primary N) is 1. The second-order valence-electron chi connectivity index (χ2n) is 5.15. The van der Waals surface area contributed by atoms with E-state index in [9.17, 15) is 4.79 Å². The first kappa shape index (κ1) is 16.5. The average Bonchev–Trinajstić information content (AvgIpc) is 2.44. The SMILES string of the molecule is CCCC(CN)C(=O)N(C)CCOc1cccc(C)c1. The smallest absolute Gasteiger partial charge is 0.226 e. The molecule has 0 radical (unpaired) electrons. The Hall–Kier alpha value is -1.55. The standard InChI is InChI=1S/C16H26N2O2/c1-4-6-14(12-17)16(19)18(3)9-10-20-15-8-5-7-13(2)11-15/h5,7-8,11,14H,4,6,9-10,12,17H2,1-3H3. The van der Waals surface area contributed by atoms with E-state index in [-0.39, 0.29) is 11.8 Å². The molecule has 1 unspecified atom stereocenters. The van der Waals surface area contributed by atoms with Crippen molar-refractivity contribution in [1.82, 2.24) is 4.90 Å². The van der Waals surface area contributed by atoms with Gasteiger partial charge in [-0.25, -0.2) is 0 Å². The highest BCUT2D eigenvalue weighted by Gasteiger charge is 2.19. The molecule has 4 nitrogen and oxygen atoms in total. The van der Waals surface area contributed by atoms with Crippen molar-refractivity contribution < 1.29 is 9.53 Å². The molecule has 0 aliphatic carbocycles. The topological polar surface area (TPSA) is 55.6 Å². The minimum Gasteiger partial charge on any atom is -0.492 e. The summed E-state index contributed by atoms with van der Waals surface area (Å²) in [5, 5.41) is 0. The van der Waals surface area contributed by atoms with E-state index in [1.54, 1.807) is 11.9 Å². The zero-order chi connectivity index (χ0) is 15.0. The fourth-order valence-corrected chi connectivity index (χ4v) is 2.12. The van der Waals surface area contributed by atoms with Crippen LogP contribution in [0.15, 0.2) is 24.3 Å². The molecule has 0 heterocycles. The van der Waals surface area contributed by atoms with Gasteiger partial charge in [-0.1, -0.05) is 25.5 Å². The van der Waals surface area contributed by atoms with Crippen LogP contribution in [-0.4, -0.2) is 37.6 Å². The second-order valence-corrected chi connectivity index (χ2v) is 5.15. The van der Waals surface area contributed by atoms with Crippen molar-refractivity contribution in [2.45, 2.75) is 26.7 Å². The summed E-state index contributed by atoms with van der Waals surface area (Å²) < 4.78 is 5.66. The van der Waals surface area contributed by atoms with Gasteiger partial charge in [-0.05, 0) is 31.0 Å². The molecule has 1 rings (SSSR count). The Kier molecular flexibility index (Phi) is 7.09. The molecule has 2 N–H and O–H groups in total. The number of amides is 1. The number of benzene rings is 1. The van der Waals surface area contributed by atoms with Crippen LogP contribution in [0.1, 0.15) is 25.3 Å². The Labute approximate surface area is 121 Å². The van der Waals surface area contributed by atoms with E-state index in [1.807, 2.05) is 31.2 Å². The Balaban J connectivity index is 2.39. The van der Waals surface area contributed by atoms with Crippen molar-refractivity contribution in [2.75, 3.05) is 26.7 Å². The van der Waals surface area contributed by atoms with Gasteiger partial charge in [-0.15, -0.1) is 0 Å². The minimum atomic E-state index is -0.0658. The normalized spacial score (nSPS) is 12.0. The fourth-order valence-electron chi connectivity index (χ4n) is 2.12. The van der Waals surface area contributed by atoms with Crippen LogP contribution in [0.2, 0.25) is 0 Å². The molecular weight excluding hydrogens is 252 g/mol. The zero-order valence-electron chi connectivity index (χ0n) is 12.8. The second kappa shape index (κ2) is 8.59. The molecule has 20 heavy (non-hydrogen) atoms. The lowest BCUT2D eigenvalue weighted by molar-refractivity contribution is -0.134. The molecule has 1 aromatic rings. The maximum Gasteiger partial charge on any atom is 0.226 e. The molecule has 1 amide bonds. The van der Waals surface area contributed by atoms with E-state index in [4.69, 9.17) is 10.5 Å². The quantitative estimate of drug-likeness (QED) is 0.793. The molecule has 0 saturated carbocycles. The molecule has 0 aliphatic heterocycles. The number of carbonyl (C=O) groups is 1. The van der Waals surface area contributed by atoms with E-state index < -0.39 is 0 Å². The number of rotatable bonds is 8. The summed E-state index contributed by atoms with van der Waals surface area (Å²) in [6.07, 6.45) is 1.82. The van der Waals surface area contributed by atoms with Crippen molar-refractivity contribution in [1.29, 1.82) is 0 Å². The maximum atomic E-state index is 12.2. The summed E-state index contributed by atoms with van der Waals surface area (Å²) >= 11 is 0. The van der Waals surface area contributed by atoms with Crippen LogP contribution in [0.3, 0.4) is 0 Å². The summed E-state index contributed by atoms with van der Waals surface area (Å²) in [7, 11) is 1.81. The van der Waals surface area contributed by atoms with Gasteiger partial charge in [0.2, 0.25) is 5.91 Å². The molecule has 1 atom stereocenters. The van der Waals surface area contributed by atoms with Crippen LogP contribution in [0.25, 0.3) is 0 Å². The number of aryl methyl sites for hydroxylation is 1. The lowest BCUT2D eigenvalue weighted by Gasteiger charge is -2.22. The third-order valence-corrected chi connectivity index (χ3v) is 3.33. The van der Waals surface area contributed by atoms with Crippen molar-refractivity contribution in [2.24, 2.45) is 11.7 Å². The highest BCUT2D eigenvalue weighted by Crippen LogP contribution is 2.12. The summed E-state index contributed by atoms with van der Waals surface area (Å²) in [6.45, 7) is 5.58. The molecule has 1 aromatic carbocycles.